The second-order valence-electron chi connectivity index (χ2n) is 6.77. The summed E-state index contributed by atoms with van der Waals surface area (Å²) in [7, 11) is 0. The first kappa shape index (κ1) is 16.4. The third-order valence-corrected chi connectivity index (χ3v) is 5.67. The van der Waals surface area contributed by atoms with E-state index >= 15 is 0 Å². The lowest BCUT2D eigenvalue weighted by atomic mass is 9.80. The predicted molar refractivity (Wildman–Crippen MR) is 94.7 cm³/mol. The number of hydrogen-bond acceptors (Lipinski definition) is 7. The number of piperidine rings is 1. The van der Waals surface area contributed by atoms with Crippen molar-refractivity contribution in [1.82, 2.24) is 20.1 Å². The smallest absolute Gasteiger partial charge is 0.255 e. The third-order valence-electron chi connectivity index (χ3n) is 4.92. The summed E-state index contributed by atoms with van der Waals surface area (Å²) in [5, 5.41) is 9.10. The molecule has 0 radical (unpaired) electrons. The summed E-state index contributed by atoms with van der Waals surface area (Å²) in [6.45, 7) is 4.51. The number of carbonyl (C=O) groups is 1. The van der Waals surface area contributed by atoms with Gasteiger partial charge in [0.2, 0.25) is 5.13 Å². The summed E-state index contributed by atoms with van der Waals surface area (Å²) in [5.74, 6) is 0.0545. The van der Waals surface area contributed by atoms with Crippen LogP contribution in [0.15, 0.2) is 30.0 Å². The second kappa shape index (κ2) is 7.05. The molecule has 25 heavy (non-hydrogen) atoms. The molecule has 0 aliphatic carbocycles. The number of rotatable bonds is 2. The summed E-state index contributed by atoms with van der Waals surface area (Å²) in [6.07, 6.45) is 5.37. The highest BCUT2D eigenvalue weighted by Gasteiger charge is 2.41. The number of amides is 1. The topological polar surface area (TPSA) is 71.5 Å². The molecule has 2 aliphatic heterocycles. The zero-order chi connectivity index (χ0) is 17.1. The highest BCUT2D eigenvalue weighted by molar-refractivity contribution is 7.13. The van der Waals surface area contributed by atoms with Crippen LogP contribution in [0.5, 0.6) is 0 Å². The summed E-state index contributed by atoms with van der Waals surface area (Å²) >= 11 is 1.55. The SMILES string of the molecule is O=C(c1cccnc1)N1CCC[C@@]2(COCCN(c3nncs3)C2)C1. The number of ether oxygens (including phenoxy) is 1. The van der Waals surface area contributed by atoms with Crippen LogP contribution in [0.1, 0.15) is 23.2 Å². The van der Waals surface area contributed by atoms with Crippen LogP contribution in [-0.2, 0) is 4.74 Å². The van der Waals surface area contributed by atoms with Crippen molar-refractivity contribution in [3.05, 3.63) is 35.6 Å². The Balaban J connectivity index is 1.53. The Bertz CT molecular complexity index is 711. The second-order valence-corrected chi connectivity index (χ2v) is 7.58. The summed E-state index contributed by atoms with van der Waals surface area (Å²) in [4.78, 5) is 21.1. The molecule has 0 saturated carbocycles. The van der Waals surface area contributed by atoms with Gasteiger partial charge in [-0.15, -0.1) is 10.2 Å². The average Bonchev–Trinajstić information content (AvgIpc) is 3.12. The maximum atomic E-state index is 12.8. The fourth-order valence-corrected chi connectivity index (χ4v) is 4.35. The molecule has 4 rings (SSSR count). The molecule has 0 bridgehead atoms. The molecule has 4 heterocycles. The third kappa shape index (κ3) is 3.50. The van der Waals surface area contributed by atoms with Crippen LogP contribution in [0.3, 0.4) is 0 Å². The summed E-state index contributed by atoms with van der Waals surface area (Å²) < 4.78 is 5.91. The molecule has 0 aromatic carbocycles. The van der Waals surface area contributed by atoms with Crippen molar-refractivity contribution in [3.8, 4) is 0 Å². The van der Waals surface area contributed by atoms with E-state index in [4.69, 9.17) is 4.74 Å². The molecule has 2 aliphatic rings. The van der Waals surface area contributed by atoms with Gasteiger partial charge in [0, 0.05) is 44.0 Å². The van der Waals surface area contributed by atoms with Gasteiger partial charge in [-0.1, -0.05) is 11.3 Å². The lowest BCUT2D eigenvalue weighted by Gasteiger charge is -2.43. The van der Waals surface area contributed by atoms with Gasteiger partial charge < -0.3 is 14.5 Å². The molecular weight excluding hydrogens is 338 g/mol. The van der Waals surface area contributed by atoms with Crippen molar-refractivity contribution in [1.29, 1.82) is 0 Å². The lowest BCUT2D eigenvalue weighted by molar-refractivity contribution is 0.0135. The molecule has 132 valence electrons. The number of anilines is 1. The Morgan fingerprint density at radius 2 is 2.28 bits per heavy atom. The van der Waals surface area contributed by atoms with Gasteiger partial charge in [0.05, 0.1) is 18.8 Å². The van der Waals surface area contributed by atoms with E-state index in [9.17, 15) is 4.79 Å². The fourth-order valence-electron chi connectivity index (χ4n) is 3.76. The zero-order valence-corrected chi connectivity index (χ0v) is 14.8. The van der Waals surface area contributed by atoms with Crippen LogP contribution in [0.25, 0.3) is 0 Å². The van der Waals surface area contributed by atoms with E-state index in [0.29, 0.717) is 25.3 Å². The van der Waals surface area contributed by atoms with Gasteiger partial charge in [-0.3, -0.25) is 9.78 Å². The largest absolute Gasteiger partial charge is 0.379 e. The lowest BCUT2D eigenvalue weighted by Crippen LogP contribution is -2.52. The predicted octanol–water partition coefficient (Wildman–Crippen LogP) is 1.69. The van der Waals surface area contributed by atoms with Crippen molar-refractivity contribution >= 4 is 22.4 Å². The average molecular weight is 359 g/mol. The molecule has 2 aromatic heterocycles. The quantitative estimate of drug-likeness (QED) is 0.813. The van der Waals surface area contributed by atoms with Crippen molar-refractivity contribution in [2.75, 3.05) is 44.3 Å². The van der Waals surface area contributed by atoms with Crippen molar-refractivity contribution < 1.29 is 9.53 Å². The van der Waals surface area contributed by atoms with Gasteiger partial charge in [-0.05, 0) is 25.0 Å². The molecule has 2 saturated heterocycles. The molecule has 0 N–H and O–H groups in total. The summed E-state index contributed by atoms with van der Waals surface area (Å²) in [5.41, 5.74) is 2.35. The molecule has 1 spiro atoms. The number of nitrogens with zero attached hydrogens (tertiary/aromatic N) is 5. The molecule has 8 heteroatoms. The molecule has 7 nitrogen and oxygen atoms in total. The zero-order valence-electron chi connectivity index (χ0n) is 14.0. The number of hydrogen-bond donors (Lipinski definition) is 0. The monoisotopic (exact) mass is 359 g/mol. The first-order chi connectivity index (χ1) is 12.3. The van der Waals surface area contributed by atoms with E-state index in [-0.39, 0.29) is 11.3 Å². The van der Waals surface area contributed by atoms with Crippen molar-refractivity contribution in [2.24, 2.45) is 5.41 Å². The van der Waals surface area contributed by atoms with Crippen LogP contribution >= 0.6 is 11.3 Å². The number of aromatic nitrogens is 3. The standard InChI is InChI=1S/C17H21N5O2S/c23-15(14-3-1-5-18-9-14)21-6-2-4-17(10-21)11-22(7-8-24-12-17)16-20-19-13-25-16/h1,3,5,9,13H,2,4,6-8,10-12H2/t17-/m1/s1. The highest BCUT2D eigenvalue weighted by Crippen LogP contribution is 2.35. The van der Waals surface area contributed by atoms with Gasteiger partial charge in [0.1, 0.15) is 5.51 Å². The van der Waals surface area contributed by atoms with Crippen LogP contribution in [0.2, 0.25) is 0 Å². The molecular formula is C17H21N5O2S. The maximum absolute atomic E-state index is 12.8. The van der Waals surface area contributed by atoms with E-state index < -0.39 is 0 Å². The van der Waals surface area contributed by atoms with Crippen LogP contribution in [-0.4, -0.2) is 65.4 Å². The summed E-state index contributed by atoms with van der Waals surface area (Å²) in [6, 6.07) is 3.63. The Hall–Kier alpha value is -2.06. The van der Waals surface area contributed by atoms with E-state index in [1.807, 2.05) is 11.0 Å². The molecule has 2 fully saturated rings. The minimum absolute atomic E-state index is 0.0545. The number of carbonyl (C=O) groups excluding carboxylic acids is 1. The fraction of sp³-hybridized carbons (Fsp3) is 0.529. The van der Waals surface area contributed by atoms with E-state index in [1.165, 1.54) is 0 Å². The van der Waals surface area contributed by atoms with Crippen LogP contribution < -0.4 is 4.90 Å². The molecule has 0 unspecified atom stereocenters. The van der Waals surface area contributed by atoms with Gasteiger partial charge in [0.15, 0.2) is 0 Å². The molecule has 1 amide bonds. The Morgan fingerprint density at radius 1 is 1.32 bits per heavy atom. The Labute approximate surface area is 150 Å². The van der Waals surface area contributed by atoms with Crippen LogP contribution in [0.4, 0.5) is 5.13 Å². The van der Waals surface area contributed by atoms with Crippen molar-refractivity contribution in [2.45, 2.75) is 12.8 Å². The van der Waals surface area contributed by atoms with Crippen LogP contribution in [0, 0.1) is 5.41 Å². The van der Waals surface area contributed by atoms with Gasteiger partial charge in [-0.25, -0.2) is 0 Å². The van der Waals surface area contributed by atoms with E-state index in [2.05, 4.69) is 20.1 Å². The molecule has 2 aromatic rings. The highest BCUT2D eigenvalue weighted by atomic mass is 32.1. The number of likely N-dealkylation sites (tertiary alicyclic amines) is 1. The first-order valence-electron chi connectivity index (χ1n) is 8.54. The maximum Gasteiger partial charge on any atom is 0.255 e. The minimum atomic E-state index is -0.0573. The van der Waals surface area contributed by atoms with Gasteiger partial charge >= 0.3 is 0 Å². The normalized spacial score (nSPS) is 24.3. The van der Waals surface area contributed by atoms with Gasteiger partial charge in [-0.2, -0.15) is 0 Å². The van der Waals surface area contributed by atoms with Gasteiger partial charge in [0.25, 0.3) is 5.91 Å². The van der Waals surface area contributed by atoms with E-state index in [0.717, 1.165) is 37.6 Å². The Kier molecular flexibility index (Phi) is 4.63. The van der Waals surface area contributed by atoms with E-state index in [1.54, 1.807) is 35.3 Å². The van der Waals surface area contributed by atoms with Crippen molar-refractivity contribution in [3.63, 3.8) is 0 Å². The minimum Gasteiger partial charge on any atom is -0.379 e. The Morgan fingerprint density at radius 3 is 3.08 bits per heavy atom. The first-order valence-corrected chi connectivity index (χ1v) is 9.42. The number of pyridine rings is 1. The molecule has 1 atom stereocenters.